The molecule has 2 aromatic carbocycles. The minimum Gasteiger partial charge on any atom is -0.486 e. The van der Waals surface area contributed by atoms with Crippen LogP contribution in [0, 0.1) is 13.8 Å². The van der Waals surface area contributed by atoms with E-state index >= 15 is 0 Å². The maximum atomic E-state index is 11.2. The van der Waals surface area contributed by atoms with Crippen molar-refractivity contribution < 1.29 is 9.53 Å². The van der Waals surface area contributed by atoms with Crippen molar-refractivity contribution in [3.05, 3.63) is 52.5 Å². The van der Waals surface area contributed by atoms with Crippen LogP contribution in [0.25, 0.3) is 10.2 Å². The number of nitrogens with one attached hydrogen (secondary N) is 1. The molecule has 23 heavy (non-hydrogen) atoms. The SMILES string of the molecule is CC(=O)Nc1c(C)cc(OCc2nc3ccccc3s2)cc1C. The lowest BCUT2D eigenvalue weighted by Gasteiger charge is -2.13. The number of hydrogen-bond acceptors (Lipinski definition) is 4. The molecule has 0 unspecified atom stereocenters. The van der Waals surface area contributed by atoms with Crippen molar-refractivity contribution in [2.24, 2.45) is 0 Å². The number of aryl methyl sites for hydroxylation is 2. The molecule has 1 heterocycles. The number of thiazole rings is 1. The molecule has 1 N–H and O–H groups in total. The summed E-state index contributed by atoms with van der Waals surface area (Å²) in [6.45, 7) is 5.87. The Hall–Kier alpha value is -2.40. The highest BCUT2D eigenvalue weighted by molar-refractivity contribution is 7.18. The van der Waals surface area contributed by atoms with E-state index in [4.69, 9.17) is 4.74 Å². The molecule has 0 aliphatic rings. The second-order valence-electron chi connectivity index (χ2n) is 5.48. The lowest BCUT2D eigenvalue weighted by atomic mass is 10.1. The molecule has 0 bridgehead atoms. The van der Waals surface area contributed by atoms with Crippen molar-refractivity contribution in [1.29, 1.82) is 0 Å². The molecule has 0 spiro atoms. The molecule has 3 rings (SSSR count). The first-order valence-electron chi connectivity index (χ1n) is 7.39. The van der Waals surface area contributed by atoms with Crippen molar-refractivity contribution in [2.75, 3.05) is 5.32 Å². The number of rotatable bonds is 4. The zero-order valence-corrected chi connectivity index (χ0v) is 14.2. The van der Waals surface area contributed by atoms with Crippen molar-refractivity contribution in [1.82, 2.24) is 4.98 Å². The van der Waals surface area contributed by atoms with Gasteiger partial charge >= 0.3 is 0 Å². The summed E-state index contributed by atoms with van der Waals surface area (Å²) in [5.74, 6) is 0.715. The van der Waals surface area contributed by atoms with Crippen LogP contribution in [0.4, 0.5) is 5.69 Å². The maximum Gasteiger partial charge on any atom is 0.221 e. The summed E-state index contributed by atoms with van der Waals surface area (Å²) >= 11 is 1.64. The van der Waals surface area contributed by atoms with Crippen LogP contribution >= 0.6 is 11.3 Å². The number of nitrogens with zero attached hydrogens (tertiary/aromatic N) is 1. The lowest BCUT2D eigenvalue weighted by Crippen LogP contribution is -2.09. The Morgan fingerprint density at radius 2 is 1.91 bits per heavy atom. The maximum absolute atomic E-state index is 11.2. The predicted octanol–water partition coefficient (Wildman–Crippen LogP) is 4.45. The zero-order valence-electron chi connectivity index (χ0n) is 13.3. The Kier molecular flexibility index (Phi) is 4.30. The number of aromatic nitrogens is 1. The summed E-state index contributed by atoms with van der Waals surface area (Å²) in [7, 11) is 0. The van der Waals surface area contributed by atoms with E-state index in [1.807, 2.05) is 44.2 Å². The number of ether oxygens (including phenoxy) is 1. The molecule has 0 saturated carbocycles. The van der Waals surface area contributed by atoms with Crippen LogP contribution in [-0.2, 0) is 11.4 Å². The first-order chi connectivity index (χ1) is 11.0. The number of carbonyl (C=O) groups is 1. The van der Waals surface area contributed by atoms with Gasteiger partial charge in [-0.1, -0.05) is 12.1 Å². The van der Waals surface area contributed by atoms with Crippen LogP contribution in [0.5, 0.6) is 5.75 Å². The molecule has 0 aliphatic heterocycles. The van der Waals surface area contributed by atoms with Gasteiger partial charge in [-0.2, -0.15) is 0 Å². The van der Waals surface area contributed by atoms with E-state index in [9.17, 15) is 4.79 Å². The molecule has 5 heteroatoms. The number of hydrogen-bond donors (Lipinski definition) is 1. The third kappa shape index (κ3) is 3.51. The van der Waals surface area contributed by atoms with Crippen LogP contribution in [-0.4, -0.2) is 10.9 Å². The zero-order chi connectivity index (χ0) is 16.4. The van der Waals surface area contributed by atoms with Crippen LogP contribution in [0.3, 0.4) is 0 Å². The van der Waals surface area contributed by atoms with Crippen molar-refractivity contribution in [2.45, 2.75) is 27.4 Å². The molecule has 4 nitrogen and oxygen atoms in total. The number of fused-ring (bicyclic) bond motifs is 1. The van der Waals surface area contributed by atoms with Crippen LogP contribution in [0.15, 0.2) is 36.4 Å². The first kappa shape index (κ1) is 15.5. The van der Waals surface area contributed by atoms with Gasteiger partial charge in [0.05, 0.1) is 10.2 Å². The van der Waals surface area contributed by atoms with Crippen molar-refractivity contribution in [3.63, 3.8) is 0 Å². The molecular formula is C18H18N2O2S. The molecule has 0 radical (unpaired) electrons. The van der Waals surface area contributed by atoms with Gasteiger partial charge in [-0.25, -0.2) is 4.98 Å². The van der Waals surface area contributed by atoms with Crippen molar-refractivity contribution >= 4 is 33.1 Å². The fourth-order valence-electron chi connectivity index (χ4n) is 2.51. The van der Waals surface area contributed by atoms with E-state index < -0.39 is 0 Å². The standard InChI is InChI=1S/C18H18N2O2S/c1-11-8-14(9-12(2)18(11)19-13(3)21)22-10-17-20-15-6-4-5-7-16(15)23-17/h4-9H,10H2,1-3H3,(H,19,21). The third-order valence-electron chi connectivity index (χ3n) is 3.51. The summed E-state index contributed by atoms with van der Waals surface area (Å²) in [5.41, 5.74) is 3.83. The van der Waals surface area contributed by atoms with Crippen LogP contribution in [0.1, 0.15) is 23.1 Å². The van der Waals surface area contributed by atoms with Gasteiger partial charge in [-0.15, -0.1) is 11.3 Å². The second kappa shape index (κ2) is 6.38. The molecule has 1 aromatic heterocycles. The molecule has 3 aromatic rings. The van der Waals surface area contributed by atoms with E-state index in [0.717, 1.165) is 33.1 Å². The van der Waals surface area contributed by atoms with E-state index in [0.29, 0.717) is 6.61 Å². The Labute approximate surface area is 139 Å². The smallest absolute Gasteiger partial charge is 0.221 e. The van der Waals surface area contributed by atoms with E-state index in [1.54, 1.807) is 11.3 Å². The largest absolute Gasteiger partial charge is 0.486 e. The number of anilines is 1. The van der Waals surface area contributed by atoms with Gasteiger partial charge in [0.1, 0.15) is 17.4 Å². The topological polar surface area (TPSA) is 51.2 Å². The number of para-hydroxylation sites is 1. The van der Waals surface area contributed by atoms with E-state index in [2.05, 4.69) is 16.4 Å². The third-order valence-corrected chi connectivity index (χ3v) is 4.52. The average molecular weight is 326 g/mol. The summed E-state index contributed by atoms with van der Waals surface area (Å²) in [4.78, 5) is 15.8. The van der Waals surface area contributed by atoms with Crippen LogP contribution < -0.4 is 10.1 Å². The summed E-state index contributed by atoms with van der Waals surface area (Å²) in [6.07, 6.45) is 0. The highest BCUT2D eigenvalue weighted by atomic mass is 32.1. The Balaban J connectivity index is 1.76. The Bertz CT molecular complexity index is 814. The van der Waals surface area contributed by atoms with Crippen molar-refractivity contribution in [3.8, 4) is 5.75 Å². The molecule has 0 aliphatic carbocycles. The molecule has 0 atom stereocenters. The van der Waals surface area contributed by atoms with Gasteiger partial charge in [0.2, 0.25) is 5.91 Å². The number of amides is 1. The van der Waals surface area contributed by atoms with Crippen LogP contribution in [0.2, 0.25) is 0 Å². The normalized spacial score (nSPS) is 10.7. The van der Waals surface area contributed by atoms with Gasteiger partial charge in [-0.3, -0.25) is 4.79 Å². The van der Waals surface area contributed by atoms with E-state index in [1.165, 1.54) is 11.6 Å². The second-order valence-corrected chi connectivity index (χ2v) is 6.59. The van der Waals surface area contributed by atoms with Gasteiger partial charge in [-0.05, 0) is 49.2 Å². The quantitative estimate of drug-likeness (QED) is 0.770. The lowest BCUT2D eigenvalue weighted by molar-refractivity contribution is -0.114. The monoisotopic (exact) mass is 326 g/mol. The predicted molar refractivity (Wildman–Crippen MR) is 94.2 cm³/mol. The minimum atomic E-state index is -0.0701. The minimum absolute atomic E-state index is 0.0701. The van der Waals surface area contributed by atoms with Gasteiger partial charge in [0, 0.05) is 12.6 Å². The fraction of sp³-hybridized carbons (Fsp3) is 0.222. The molecule has 1 amide bonds. The average Bonchev–Trinajstić information content (AvgIpc) is 2.91. The first-order valence-corrected chi connectivity index (χ1v) is 8.20. The van der Waals surface area contributed by atoms with Gasteiger partial charge < -0.3 is 10.1 Å². The number of benzene rings is 2. The Morgan fingerprint density at radius 1 is 1.22 bits per heavy atom. The highest BCUT2D eigenvalue weighted by Gasteiger charge is 2.09. The Morgan fingerprint density at radius 3 is 2.57 bits per heavy atom. The number of carbonyl (C=O) groups excluding carboxylic acids is 1. The van der Waals surface area contributed by atoms with Gasteiger partial charge in [0.15, 0.2) is 0 Å². The molecular weight excluding hydrogens is 308 g/mol. The fourth-order valence-corrected chi connectivity index (χ4v) is 3.39. The van der Waals surface area contributed by atoms with E-state index in [-0.39, 0.29) is 5.91 Å². The van der Waals surface area contributed by atoms with Gasteiger partial charge in [0.25, 0.3) is 0 Å². The summed E-state index contributed by atoms with van der Waals surface area (Å²) in [6, 6.07) is 11.9. The highest BCUT2D eigenvalue weighted by Crippen LogP contribution is 2.28. The summed E-state index contributed by atoms with van der Waals surface area (Å²) < 4.78 is 7.04. The molecule has 0 fully saturated rings. The summed E-state index contributed by atoms with van der Waals surface area (Å²) in [5, 5.41) is 3.81. The molecule has 118 valence electrons. The molecule has 0 saturated heterocycles.